The number of fused-ring (bicyclic) bond motifs is 1. The highest BCUT2D eigenvalue weighted by atomic mass is 16.4. The van der Waals surface area contributed by atoms with E-state index in [1.807, 2.05) is 23.1 Å². The first-order valence-electron chi connectivity index (χ1n) is 7.29. The average Bonchev–Trinajstić information content (AvgIpc) is 3.01. The number of para-hydroxylation sites is 1. The van der Waals surface area contributed by atoms with E-state index in [0.29, 0.717) is 13.0 Å². The Bertz CT molecular complexity index is 708. The zero-order valence-electron chi connectivity index (χ0n) is 12.1. The van der Waals surface area contributed by atoms with Gasteiger partial charge in [-0.2, -0.15) is 5.10 Å². The van der Waals surface area contributed by atoms with E-state index in [1.165, 1.54) is 22.6 Å². The Labute approximate surface area is 128 Å². The summed E-state index contributed by atoms with van der Waals surface area (Å²) in [5.41, 5.74) is 2.33. The Morgan fingerprint density at radius 2 is 2.09 bits per heavy atom. The summed E-state index contributed by atoms with van der Waals surface area (Å²) in [6, 6.07) is 7.96. The summed E-state index contributed by atoms with van der Waals surface area (Å²) in [6.45, 7) is 1.11. The van der Waals surface area contributed by atoms with E-state index >= 15 is 0 Å². The van der Waals surface area contributed by atoms with Gasteiger partial charge in [-0.05, 0) is 24.5 Å². The Morgan fingerprint density at radius 3 is 2.86 bits per heavy atom. The van der Waals surface area contributed by atoms with Crippen LogP contribution in [0, 0.1) is 0 Å². The Kier molecular flexibility index (Phi) is 3.91. The Hall–Kier alpha value is -2.63. The van der Waals surface area contributed by atoms with Crippen LogP contribution in [-0.2, 0) is 17.8 Å². The summed E-state index contributed by atoms with van der Waals surface area (Å²) >= 11 is 0. The maximum Gasteiger partial charge on any atom is 0.338 e. The summed E-state index contributed by atoms with van der Waals surface area (Å²) in [5.74, 6) is -0.970. The molecule has 2 heterocycles. The quantitative estimate of drug-likeness (QED) is 0.936. The number of hydrogen-bond acceptors (Lipinski definition) is 3. The molecule has 0 unspecified atom stereocenters. The molecule has 0 atom stereocenters. The largest absolute Gasteiger partial charge is 0.478 e. The molecule has 22 heavy (non-hydrogen) atoms. The predicted octanol–water partition coefficient (Wildman–Crippen LogP) is 1.95. The zero-order valence-corrected chi connectivity index (χ0v) is 12.1. The molecule has 1 aliphatic rings. The molecule has 6 heteroatoms. The number of carboxylic acids is 1. The van der Waals surface area contributed by atoms with E-state index in [-0.39, 0.29) is 11.5 Å². The average molecular weight is 299 g/mol. The summed E-state index contributed by atoms with van der Waals surface area (Å²) < 4.78 is 1.50. The molecule has 1 aliphatic heterocycles. The van der Waals surface area contributed by atoms with Gasteiger partial charge >= 0.3 is 5.97 Å². The number of amides is 1. The van der Waals surface area contributed by atoms with Crippen molar-refractivity contribution in [2.75, 3.05) is 11.4 Å². The molecule has 0 aliphatic carbocycles. The third-order valence-corrected chi connectivity index (χ3v) is 3.85. The highest BCUT2D eigenvalue weighted by molar-refractivity contribution is 5.94. The zero-order chi connectivity index (χ0) is 15.5. The first kappa shape index (κ1) is 14.3. The fraction of sp³-hybridized carbons (Fsp3) is 0.312. The molecule has 0 saturated heterocycles. The van der Waals surface area contributed by atoms with Crippen molar-refractivity contribution in [3.05, 3.63) is 47.8 Å². The van der Waals surface area contributed by atoms with E-state index in [4.69, 9.17) is 5.11 Å². The Morgan fingerprint density at radius 1 is 1.27 bits per heavy atom. The third kappa shape index (κ3) is 2.86. The number of aromatic nitrogens is 2. The number of nitrogens with zero attached hydrogens (tertiary/aromatic N) is 3. The lowest BCUT2D eigenvalue weighted by atomic mass is 10.0. The molecule has 0 saturated carbocycles. The lowest BCUT2D eigenvalue weighted by Crippen LogP contribution is -2.35. The van der Waals surface area contributed by atoms with Crippen LogP contribution in [0.4, 0.5) is 5.69 Å². The first-order chi connectivity index (χ1) is 10.6. The van der Waals surface area contributed by atoms with Gasteiger partial charge in [0.2, 0.25) is 5.91 Å². The smallest absolute Gasteiger partial charge is 0.338 e. The highest BCUT2D eigenvalue weighted by Gasteiger charge is 2.21. The highest BCUT2D eigenvalue weighted by Crippen LogP contribution is 2.27. The van der Waals surface area contributed by atoms with E-state index in [1.54, 1.807) is 0 Å². The predicted molar refractivity (Wildman–Crippen MR) is 80.9 cm³/mol. The number of aryl methyl sites for hydroxylation is 2. The summed E-state index contributed by atoms with van der Waals surface area (Å²) in [4.78, 5) is 25.1. The summed E-state index contributed by atoms with van der Waals surface area (Å²) in [5, 5.41) is 12.8. The fourth-order valence-electron chi connectivity index (χ4n) is 2.73. The van der Waals surface area contributed by atoms with Crippen molar-refractivity contribution in [1.82, 2.24) is 9.78 Å². The number of carboxylic acid groups (broad SMARTS) is 1. The molecular weight excluding hydrogens is 282 g/mol. The van der Waals surface area contributed by atoms with Crippen LogP contribution in [0.5, 0.6) is 0 Å². The van der Waals surface area contributed by atoms with E-state index in [2.05, 4.69) is 11.2 Å². The topological polar surface area (TPSA) is 75.4 Å². The maximum atomic E-state index is 12.4. The maximum absolute atomic E-state index is 12.4. The monoisotopic (exact) mass is 299 g/mol. The minimum absolute atomic E-state index is 0.0412. The standard InChI is InChI=1S/C16H17N3O3/c20-15(7-9-18-11-13(10-17-18)16(21)22)19-8-3-5-12-4-1-2-6-14(12)19/h1-2,4,6,10-11H,3,5,7-9H2,(H,21,22). The van der Waals surface area contributed by atoms with Crippen molar-refractivity contribution < 1.29 is 14.7 Å². The van der Waals surface area contributed by atoms with Crippen LogP contribution in [0.25, 0.3) is 0 Å². The van der Waals surface area contributed by atoms with Gasteiger partial charge in [-0.25, -0.2) is 4.79 Å². The van der Waals surface area contributed by atoms with Crippen molar-refractivity contribution in [3.8, 4) is 0 Å². The number of benzene rings is 1. The van der Waals surface area contributed by atoms with Crippen molar-refractivity contribution in [1.29, 1.82) is 0 Å². The molecule has 0 bridgehead atoms. The van der Waals surface area contributed by atoms with Crippen LogP contribution in [0.15, 0.2) is 36.7 Å². The lowest BCUT2D eigenvalue weighted by Gasteiger charge is -2.29. The number of carbonyl (C=O) groups excluding carboxylic acids is 1. The van der Waals surface area contributed by atoms with Crippen molar-refractivity contribution in [2.45, 2.75) is 25.8 Å². The first-order valence-corrected chi connectivity index (χ1v) is 7.29. The van der Waals surface area contributed by atoms with Crippen LogP contribution < -0.4 is 4.90 Å². The summed E-state index contributed by atoms with van der Waals surface area (Å²) in [6.07, 6.45) is 5.01. The molecule has 0 spiro atoms. The minimum Gasteiger partial charge on any atom is -0.478 e. The number of rotatable bonds is 4. The van der Waals surface area contributed by atoms with Gasteiger partial charge in [-0.3, -0.25) is 9.48 Å². The normalized spacial score (nSPS) is 13.7. The molecule has 1 aromatic carbocycles. The molecule has 1 N–H and O–H groups in total. The summed E-state index contributed by atoms with van der Waals surface area (Å²) in [7, 11) is 0. The second kappa shape index (κ2) is 6.01. The van der Waals surface area contributed by atoms with Gasteiger partial charge in [0.05, 0.1) is 11.8 Å². The number of anilines is 1. The molecule has 6 nitrogen and oxygen atoms in total. The van der Waals surface area contributed by atoms with Gasteiger partial charge in [0.15, 0.2) is 0 Å². The third-order valence-electron chi connectivity index (χ3n) is 3.85. The molecular formula is C16H17N3O3. The number of aromatic carboxylic acids is 1. The van der Waals surface area contributed by atoms with Gasteiger partial charge in [-0.1, -0.05) is 18.2 Å². The van der Waals surface area contributed by atoms with Crippen LogP contribution in [-0.4, -0.2) is 33.3 Å². The molecule has 1 aromatic heterocycles. The Balaban J connectivity index is 1.66. The lowest BCUT2D eigenvalue weighted by molar-refractivity contribution is -0.119. The van der Waals surface area contributed by atoms with Crippen molar-refractivity contribution >= 4 is 17.6 Å². The molecule has 0 radical (unpaired) electrons. The van der Waals surface area contributed by atoms with Gasteiger partial charge in [0, 0.05) is 31.4 Å². The second-order valence-corrected chi connectivity index (χ2v) is 5.32. The van der Waals surface area contributed by atoms with Gasteiger partial charge < -0.3 is 10.0 Å². The molecule has 3 rings (SSSR count). The van der Waals surface area contributed by atoms with Gasteiger partial charge in [0.1, 0.15) is 0 Å². The van der Waals surface area contributed by atoms with Crippen LogP contribution in [0.3, 0.4) is 0 Å². The van der Waals surface area contributed by atoms with Crippen molar-refractivity contribution in [3.63, 3.8) is 0 Å². The fourth-order valence-corrected chi connectivity index (χ4v) is 2.73. The molecule has 2 aromatic rings. The van der Waals surface area contributed by atoms with Crippen molar-refractivity contribution in [2.24, 2.45) is 0 Å². The minimum atomic E-state index is -1.01. The molecule has 1 amide bonds. The number of carbonyl (C=O) groups is 2. The second-order valence-electron chi connectivity index (χ2n) is 5.32. The van der Waals surface area contributed by atoms with Gasteiger partial charge in [0.25, 0.3) is 0 Å². The van der Waals surface area contributed by atoms with E-state index in [0.717, 1.165) is 25.1 Å². The van der Waals surface area contributed by atoms with E-state index < -0.39 is 5.97 Å². The number of hydrogen-bond donors (Lipinski definition) is 1. The van der Waals surface area contributed by atoms with Gasteiger partial charge in [-0.15, -0.1) is 0 Å². The van der Waals surface area contributed by atoms with Crippen LogP contribution in [0.1, 0.15) is 28.8 Å². The molecule has 0 fully saturated rings. The van der Waals surface area contributed by atoms with Crippen LogP contribution in [0.2, 0.25) is 0 Å². The van der Waals surface area contributed by atoms with E-state index in [9.17, 15) is 9.59 Å². The van der Waals surface area contributed by atoms with Crippen LogP contribution >= 0.6 is 0 Å². The SMILES string of the molecule is O=C(O)c1cnn(CCC(=O)N2CCCc3ccccc32)c1. The molecule has 114 valence electrons.